The number of quaternary nitrogens is 1. The second kappa shape index (κ2) is 13.2. The highest BCUT2D eigenvalue weighted by atomic mass is 16.5. The molecule has 2 saturated heterocycles. The first kappa shape index (κ1) is 26.7. The van der Waals surface area contributed by atoms with Crippen LogP contribution < -0.4 is 24.2 Å². The fraction of sp³-hybridized carbons (Fsp3) is 0.652. The zero-order valence-corrected chi connectivity index (χ0v) is 20.1. The van der Waals surface area contributed by atoms with Crippen molar-refractivity contribution in [2.75, 3.05) is 67.1 Å². The number of rotatable bonds is 7. The largest absolute Gasteiger partial charge is 0.539 e. The highest BCUT2D eigenvalue weighted by Gasteiger charge is 2.28. The lowest BCUT2D eigenvalue weighted by Gasteiger charge is -2.41. The second-order valence-electron chi connectivity index (χ2n) is 8.27. The number of benzene rings is 1. The SMILES string of the molecule is CC[NH+]1CCN(C2CCN(Cc3cc(OC)c(OC)c(OC)c3)CC2)CC1.O=C([O-])C(=O)O. The Morgan fingerprint density at radius 2 is 1.55 bits per heavy atom. The number of piperazine rings is 1. The van der Waals surface area contributed by atoms with Gasteiger partial charge in [-0.2, -0.15) is 0 Å². The molecule has 1 aromatic rings. The first-order valence-corrected chi connectivity index (χ1v) is 11.4. The Balaban J connectivity index is 0.000000569. The number of aliphatic carboxylic acids is 2. The number of ether oxygens (including phenoxy) is 3. The molecule has 0 bridgehead atoms. The minimum absolute atomic E-state index is 0.663. The van der Waals surface area contributed by atoms with E-state index in [4.69, 9.17) is 34.0 Å². The Hall–Kier alpha value is -2.56. The predicted octanol–water partition coefficient (Wildman–Crippen LogP) is -1.28. The minimum atomic E-state index is -2.07. The average Bonchev–Trinajstić information content (AvgIpc) is 2.84. The molecule has 2 aliphatic heterocycles. The van der Waals surface area contributed by atoms with E-state index >= 15 is 0 Å². The number of likely N-dealkylation sites (tertiary alicyclic amines) is 1. The summed E-state index contributed by atoms with van der Waals surface area (Å²) in [4.78, 5) is 25.1. The number of piperidine rings is 1. The molecule has 2 fully saturated rings. The van der Waals surface area contributed by atoms with Gasteiger partial charge in [0.05, 0.1) is 41.0 Å². The third kappa shape index (κ3) is 7.76. The number of carbonyl (C=O) groups excluding carboxylic acids is 1. The summed E-state index contributed by atoms with van der Waals surface area (Å²) in [6.07, 6.45) is 2.54. The van der Waals surface area contributed by atoms with Gasteiger partial charge in [-0.3, -0.25) is 9.80 Å². The summed E-state index contributed by atoms with van der Waals surface area (Å²) in [5, 5.41) is 16.3. The van der Waals surface area contributed by atoms with E-state index in [1.165, 1.54) is 51.1 Å². The fourth-order valence-electron chi connectivity index (χ4n) is 4.49. The molecular formula is C23H37N3O7. The molecule has 3 rings (SSSR count). The van der Waals surface area contributed by atoms with Crippen LogP contribution in [0.5, 0.6) is 17.2 Å². The molecule has 33 heavy (non-hydrogen) atoms. The van der Waals surface area contributed by atoms with Crippen LogP contribution in [0, 0.1) is 0 Å². The molecule has 0 unspecified atom stereocenters. The van der Waals surface area contributed by atoms with Crippen molar-refractivity contribution in [3.63, 3.8) is 0 Å². The Bertz CT molecular complexity index is 736. The maximum Gasteiger partial charge on any atom is 0.351 e. The van der Waals surface area contributed by atoms with E-state index in [-0.39, 0.29) is 0 Å². The number of likely N-dealkylation sites (N-methyl/N-ethyl adjacent to an activating group) is 1. The molecule has 0 amide bonds. The fourth-order valence-corrected chi connectivity index (χ4v) is 4.49. The van der Waals surface area contributed by atoms with Crippen LogP contribution in [0.1, 0.15) is 25.3 Å². The van der Waals surface area contributed by atoms with E-state index in [1.807, 2.05) is 0 Å². The minimum Gasteiger partial charge on any atom is -0.539 e. The van der Waals surface area contributed by atoms with Crippen molar-refractivity contribution >= 4 is 11.9 Å². The van der Waals surface area contributed by atoms with Crippen LogP contribution >= 0.6 is 0 Å². The highest BCUT2D eigenvalue weighted by molar-refractivity contribution is 6.26. The van der Waals surface area contributed by atoms with E-state index in [0.29, 0.717) is 5.75 Å². The molecule has 0 radical (unpaired) electrons. The summed E-state index contributed by atoms with van der Waals surface area (Å²) in [7, 11) is 4.99. The van der Waals surface area contributed by atoms with E-state index in [1.54, 1.807) is 26.2 Å². The topological polar surface area (TPSA) is 116 Å². The number of nitrogens with one attached hydrogen (secondary N) is 1. The van der Waals surface area contributed by atoms with Gasteiger partial charge in [-0.05, 0) is 50.6 Å². The van der Waals surface area contributed by atoms with Crippen molar-refractivity contribution in [3.05, 3.63) is 17.7 Å². The number of hydrogen-bond donors (Lipinski definition) is 2. The standard InChI is InChI=1S/C21H35N3O3.C2H2O4/c1-5-22-10-12-24(13-11-22)18-6-8-23(9-7-18)16-17-14-19(25-2)21(27-4)20(15-17)26-3;3-1(4)2(5)6/h14-15,18H,5-13,16H2,1-4H3;(H,3,4)(H,5,6). The summed E-state index contributed by atoms with van der Waals surface area (Å²) >= 11 is 0. The smallest absolute Gasteiger partial charge is 0.351 e. The van der Waals surface area contributed by atoms with Crippen molar-refractivity contribution in [1.82, 2.24) is 9.80 Å². The Morgan fingerprint density at radius 1 is 1.03 bits per heavy atom. The van der Waals surface area contributed by atoms with Gasteiger partial charge in [0, 0.05) is 25.7 Å². The van der Waals surface area contributed by atoms with E-state index < -0.39 is 11.9 Å². The average molecular weight is 468 g/mol. The molecule has 0 spiro atoms. The van der Waals surface area contributed by atoms with E-state index in [9.17, 15) is 0 Å². The van der Waals surface area contributed by atoms with Gasteiger partial charge in [0.2, 0.25) is 5.75 Å². The molecule has 2 aliphatic rings. The monoisotopic (exact) mass is 467 g/mol. The zero-order chi connectivity index (χ0) is 24.4. The second-order valence-corrected chi connectivity index (χ2v) is 8.27. The Labute approximate surface area is 195 Å². The van der Waals surface area contributed by atoms with Crippen LogP contribution in [0.4, 0.5) is 0 Å². The van der Waals surface area contributed by atoms with E-state index in [2.05, 4.69) is 28.9 Å². The summed E-state index contributed by atoms with van der Waals surface area (Å²) in [5.74, 6) is -1.88. The van der Waals surface area contributed by atoms with Gasteiger partial charge in [-0.25, -0.2) is 4.79 Å². The number of carbonyl (C=O) groups is 2. The molecule has 2 heterocycles. The van der Waals surface area contributed by atoms with Gasteiger partial charge >= 0.3 is 5.97 Å². The lowest BCUT2D eigenvalue weighted by Crippen LogP contribution is -3.14. The van der Waals surface area contributed by atoms with Crippen LogP contribution in [0.2, 0.25) is 0 Å². The van der Waals surface area contributed by atoms with Crippen LogP contribution in [0.3, 0.4) is 0 Å². The van der Waals surface area contributed by atoms with Crippen LogP contribution in [-0.2, 0) is 16.1 Å². The normalized spacial score (nSPS) is 18.2. The molecule has 0 aliphatic carbocycles. The molecule has 2 N–H and O–H groups in total. The van der Waals surface area contributed by atoms with Crippen LogP contribution in [0.15, 0.2) is 12.1 Å². The molecule has 186 valence electrons. The van der Waals surface area contributed by atoms with Crippen LogP contribution in [0.25, 0.3) is 0 Å². The van der Waals surface area contributed by atoms with Crippen molar-refractivity contribution < 1.29 is 38.9 Å². The number of nitrogens with zero attached hydrogens (tertiary/aromatic N) is 2. The maximum absolute atomic E-state index is 9.04. The Morgan fingerprint density at radius 3 is 1.94 bits per heavy atom. The molecule has 0 aromatic heterocycles. The molecular weight excluding hydrogens is 430 g/mol. The van der Waals surface area contributed by atoms with Crippen molar-refractivity contribution in [3.8, 4) is 17.2 Å². The van der Waals surface area contributed by atoms with Crippen molar-refractivity contribution in [2.24, 2.45) is 0 Å². The van der Waals surface area contributed by atoms with Crippen molar-refractivity contribution in [2.45, 2.75) is 32.4 Å². The zero-order valence-electron chi connectivity index (χ0n) is 20.1. The number of methoxy groups -OCH3 is 3. The molecule has 10 heteroatoms. The van der Waals surface area contributed by atoms with Gasteiger partial charge in [-0.1, -0.05) is 0 Å². The van der Waals surface area contributed by atoms with Gasteiger partial charge in [0.1, 0.15) is 0 Å². The van der Waals surface area contributed by atoms with Crippen molar-refractivity contribution in [1.29, 1.82) is 0 Å². The molecule has 10 nitrogen and oxygen atoms in total. The number of carboxylic acid groups (broad SMARTS) is 2. The lowest BCUT2D eigenvalue weighted by molar-refractivity contribution is -0.902. The summed E-state index contributed by atoms with van der Waals surface area (Å²) in [6, 6.07) is 4.90. The molecule has 1 aromatic carbocycles. The maximum atomic E-state index is 9.04. The lowest BCUT2D eigenvalue weighted by atomic mass is 10.0. The third-order valence-electron chi connectivity index (χ3n) is 6.38. The van der Waals surface area contributed by atoms with Gasteiger partial charge in [0.25, 0.3) is 0 Å². The van der Waals surface area contributed by atoms with Crippen LogP contribution in [-0.4, -0.2) is 100 Å². The van der Waals surface area contributed by atoms with Gasteiger partial charge < -0.3 is 34.1 Å². The number of hydrogen-bond acceptors (Lipinski definition) is 8. The Kier molecular flexibility index (Phi) is 10.7. The highest BCUT2D eigenvalue weighted by Crippen LogP contribution is 2.38. The number of carboxylic acids is 2. The van der Waals surface area contributed by atoms with E-state index in [0.717, 1.165) is 37.2 Å². The molecule has 0 atom stereocenters. The summed E-state index contributed by atoms with van der Waals surface area (Å²) in [5.41, 5.74) is 1.21. The van der Waals surface area contributed by atoms with Gasteiger partial charge in [-0.15, -0.1) is 0 Å². The third-order valence-corrected chi connectivity index (χ3v) is 6.38. The molecule has 0 saturated carbocycles. The summed E-state index contributed by atoms with van der Waals surface area (Å²) < 4.78 is 16.4. The predicted molar refractivity (Wildman–Crippen MR) is 120 cm³/mol. The first-order valence-electron chi connectivity index (χ1n) is 11.4. The summed E-state index contributed by atoms with van der Waals surface area (Å²) in [6.45, 7) is 11.9. The van der Waals surface area contributed by atoms with Gasteiger partial charge in [0.15, 0.2) is 17.5 Å². The quantitative estimate of drug-likeness (QED) is 0.473. The first-order chi connectivity index (χ1) is 15.8.